The molecule has 24 heavy (non-hydrogen) atoms. The molecule has 0 aliphatic carbocycles. The maximum absolute atomic E-state index is 10.7. The Bertz CT molecular complexity index is 843. The lowest BCUT2D eigenvalue weighted by Gasteiger charge is -2.07. The van der Waals surface area contributed by atoms with Crippen LogP contribution in [0.5, 0.6) is 5.75 Å². The van der Waals surface area contributed by atoms with E-state index < -0.39 is 4.92 Å². The van der Waals surface area contributed by atoms with Crippen molar-refractivity contribution in [3.05, 3.63) is 70.1 Å². The van der Waals surface area contributed by atoms with Gasteiger partial charge in [-0.2, -0.15) is 0 Å². The summed E-state index contributed by atoms with van der Waals surface area (Å²) in [5.74, 6) is 1.43. The quantitative estimate of drug-likeness (QED) is 0.506. The number of para-hydroxylation sites is 1. The Morgan fingerprint density at radius 2 is 1.88 bits per heavy atom. The van der Waals surface area contributed by atoms with Crippen LogP contribution in [0.4, 0.5) is 5.69 Å². The molecular formula is C17H15N3O4. The lowest BCUT2D eigenvalue weighted by molar-refractivity contribution is -0.384. The van der Waals surface area contributed by atoms with E-state index >= 15 is 0 Å². The van der Waals surface area contributed by atoms with Crippen LogP contribution in [0, 0.1) is 10.1 Å². The standard InChI is InChI=1S/C17H15N3O4/c1-2-12-5-3-4-6-15(12)23-11-16-18-19-17(24-16)13-7-9-14(10-8-13)20(21)22/h3-10H,2,11H2,1H3. The number of nitro groups is 1. The molecule has 0 atom stereocenters. The van der Waals surface area contributed by atoms with Crippen LogP contribution < -0.4 is 4.74 Å². The van der Waals surface area contributed by atoms with Gasteiger partial charge in [-0.05, 0) is 30.2 Å². The summed E-state index contributed by atoms with van der Waals surface area (Å²) in [5.41, 5.74) is 1.74. The average molecular weight is 325 g/mol. The van der Waals surface area contributed by atoms with E-state index in [-0.39, 0.29) is 12.3 Å². The van der Waals surface area contributed by atoms with Gasteiger partial charge in [0.15, 0.2) is 6.61 Å². The molecule has 0 saturated heterocycles. The highest BCUT2D eigenvalue weighted by Crippen LogP contribution is 2.23. The Morgan fingerprint density at radius 1 is 1.12 bits per heavy atom. The molecule has 0 unspecified atom stereocenters. The summed E-state index contributed by atoms with van der Waals surface area (Å²) >= 11 is 0. The zero-order chi connectivity index (χ0) is 16.9. The van der Waals surface area contributed by atoms with Crippen LogP contribution >= 0.6 is 0 Å². The van der Waals surface area contributed by atoms with E-state index in [1.807, 2.05) is 24.3 Å². The second-order valence-electron chi connectivity index (χ2n) is 5.05. The first-order chi connectivity index (χ1) is 11.7. The van der Waals surface area contributed by atoms with E-state index in [9.17, 15) is 10.1 Å². The maximum atomic E-state index is 10.7. The number of hydrogen-bond donors (Lipinski definition) is 0. The minimum Gasteiger partial charge on any atom is -0.484 e. The number of benzene rings is 2. The van der Waals surface area contributed by atoms with E-state index in [4.69, 9.17) is 9.15 Å². The monoisotopic (exact) mass is 325 g/mol. The first-order valence-electron chi connectivity index (χ1n) is 7.45. The fraction of sp³-hybridized carbons (Fsp3) is 0.176. The largest absolute Gasteiger partial charge is 0.484 e. The number of aromatic nitrogens is 2. The van der Waals surface area contributed by atoms with Gasteiger partial charge >= 0.3 is 0 Å². The molecule has 3 rings (SSSR count). The maximum Gasteiger partial charge on any atom is 0.269 e. The Hall–Kier alpha value is -3.22. The van der Waals surface area contributed by atoms with Gasteiger partial charge in [-0.1, -0.05) is 25.1 Å². The van der Waals surface area contributed by atoms with Gasteiger partial charge in [-0.15, -0.1) is 10.2 Å². The van der Waals surface area contributed by atoms with Crippen LogP contribution in [-0.2, 0) is 13.0 Å². The molecular weight excluding hydrogens is 310 g/mol. The van der Waals surface area contributed by atoms with Gasteiger partial charge in [-0.25, -0.2) is 0 Å². The van der Waals surface area contributed by atoms with E-state index in [1.165, 1.54) is 12.1 Å². The normalized spacial score (nSPS) is 10.5. The van der Waals surface area contributed by atoms with Gasteiger partial charge in [0.1, 0.15) is 5.75 Å². The molecule has 0 radical (unpaired) electrons. The molecule has 122 valence electrons. The van der Waals surface area contributed by atoms with Crippen LogP contribution in [0.15, 0.2) is 52.9 Å². The number of hydrogen-bond acceptors (Lipinski definition) is 6. The summed E-state index contributed by atoms with van der Waals surface area (Å²) in [6.45, 7) is 2.22. The van der Waals surface area contributed by atoms with Crippen molar-refractivity contribution in [2.45, 2.75) is 20.0 Å². The molecule has 0 saturated carbocycles. The second kappa shape index (κ2) is 6.91. The van der Waals surface area contributed by atoms with Gasteiger partial charge in [0.25, 0.3) is 11.6 Å². The van der Waals surface area contributed by atoms with Gasteiger partial charge < -0.3 is 9.15 Å². The van der Waals surface area contributed by atoms with Crippen molar-refractivity contribution in [3.8, 4) is 17.2 Å². The third kappa shape index (κ3) is 3.40. The van der Waals surface area contributed by atoms with Crippen molar-refractivity contribution in [3.63, 3.8) is 0 Å². The van der Waals surface area contributed by atoms with Crippen LogP contribution in [0.2, 0.25) is 0 Å². The fourth-order valence-electron chi connectivity index (χ4n) is 2.23. The average Bonchev–Trinajstić information content (AvgIpc) is 3.09. The predicted octanol–water partition coefficient (Wildman–Crippen LogP) is 3.79. The van der Waals surface area contributed by atoms with Gasteiger partial charge in [-0.3, -0.25) is 10.1 Å². The van der Waals surface area contributed by atoms with E-state index in [0.717, 1.165) is 17.7 Å². The second-order valence-corrected chi connectivity index (χ2v) is 5.05. The Kier molecular flexibility index (Phi) is 4.51. The minimum absolute atomic E-state index is 0.0120. The molecule has 0 fully saturated rings. The number of aryl methyl sites for hydroxylation is 1. The fourth-order valence-corrected chi connectivity index (χ4v) is 2.23. The highest BCUT2D eigenvalue weighted by molar-refractivity contribution is 5.55. The zero-order valence-corrected chi connectivity index (χ0v) is 13.0. The molecule has 7 nitrogen and oxygen atoms in total. The molecule has 0 N–H and O–H groups in total. The van der Waals surface area contributed by atoms with Crippen molar-refractivity contribution in [1.82, 2.24) is 10.2 Å². The van der Waals surface area contributed by atoms with Gasteiger partial charge in [0.2, 0.25) is 5.89 Å². The van der Waals surface area contributed by atoms with Gasteiger partial charge in [0.05, 0.1) is 4.92 Å². The minimum atomic E-state index is -0.456. The number of ether oxygens (including phenoxy) is 1. The lowest BCUT2D eigenvalue weighted by atomic mass is 10.1. The van der Waals surface area contributed by atoms with Crippen molar-refractivity contribution in [1.29, 1.82) is 0 Å². The molecule has 7 heteroatoms. The predicted molar refractivity (Wildman–Crippen MR) is 86.5 cm³/mol. The summed E-state index contributed by atoms with van der Waals surface area (Å²) < 4.78 is 11.3. The summed E-state index contributed by atoms with van der Waals surface area (Å²) in [7, 11) is 0. The molecule has 1 heterocycles. The van der Waals surface area contributed by atoms with Crippen molar-refractivity contribution >= 4 is 5.69 Å². The first kappa shape index (κ1) is 15.7. The van der Waals surface area contributed by atoms with Crippen LogP contribution in [-0.4, -0.2) is 15.1 Å². The number of nitrogens with zero attached hydrogens (tertiary/aromatic N) is 3. The molecule has 1 aromatic heterocycles. The summed E-state index contributed by atoms with van der Waals surface area (Å²) in [4.78, 5) is 10.2. The third-order valence-corrected chi connectivity index (χ3v) is 3.50. The van der Waals surface area contributed by atoms with Crippen molar-refractivity contribution in [2.75, 3.05) is 0 Å². The molecule has 0 aliphatic rings. The molecule has 0 aliphatic heterocycles. The molecule has 0 amide bonds. The summed E-state index contributed by atoms with van der Waals surface area (Å²) in [6.07, 6.45) is 0.869. The first-order valence-corrected chi connectivity index (χ1v) is 7.45. The summed E-state index contributed by atoms with van der Waals surface area (Å²) in [6, 6.07) is 13.7. The SMILES string of the molecule is CCc1ccccc1OCc1nnc(-c2ccc([N+](=O)[O-])cc2)o1. The Balaban J connectivity index is 1.70. The van der Waals surface area contributed by atoms with Crippen molar-refractivity contribution in [2.24, 2.45) is 0 Å². The van der Waals surface area contributed by atoms with E-state index in [1.54, 1.807) is 12.1 Å². The Morgan fingerprint density at radius 3 is 2.58 bits per heavy atom. The zero-order valence-electron chi connectivity index (χ0n) is 13.0. The summed E-state index contributed by atoms with van der Waals surface area (Å²) in [5, 5.41) is 18.6. The van der Waals surface area contributed by atoms with E-state index in [2.05, 4.69) is 17.1 Å². The number of rotatable bonds is 6. The molecule has 0 spiro atoms. The van der Waals surface area contributed by atoms with Crippen molar-refractivity contribution < 1.29 is 14.1 Å². The highest BCUT2D eigenvalue weighted by Gasteiger charge is 2.12. The topological polar surface area (TPSA) is 91.3 Å². The Labute approximate surface area is 138 Å². The number of non-ortho nitro benzene ring substituents is 1. The van der Waals surface area contributed by atoms with E-state index in [0.29, 0.717) is 17.3 Å². The van der Waals surface area contributed by atoms with Gasteiger partial charge in [0, 0.05) is 17.7 Å². The van der Waals surface area contributed by atoms with Crippen LogP contribution in [0.3, 0.4) is 0 Å². The number of nitro benzene ring substituents is 1. The van der Waals surface area contributed by atoms with Crippen LogP contribution in [0.25, 0.3) is 11.5 Å². The molecule has 3 aromatic rings. The van der Waals surface area contributed by atoms with Crippen LogP contribution in [0.1, 0.15) is 18.4 Å². The molecule has 0 bridgehead atoms. The molecule has 2 aromatic carbocycles. The third-order valence-electron chi connectivity index (χ3n) is 3.50. The highest BCUT2D eigenvalue weighted by atomic mass is 16.6. The lowest BCUT2D eigenvalue weighted by Crippen LogP contribution is -1.98. The smallest absolute Gasteiger partial charge is 0.269 e.